The fourth-order valence-corrected chi connectivity index (χ4v) is 4.63. The van der Waals surface area contributed by atoms with Gasteiger partial charge in [-0.05, 0) is 25.3 Å². The Balaban J connectivity index is 1.91. The molecule has 162 valence electrons. The first-order valence-electron chi connectivity index (χ1n) is 10.2. The molecule has 3 atom stereocenters. The molecule has 0 aliphatic heterocycles. The summed E-state index contributed by atoms with van der Waals surface area (Å²) in [5, 5.41) is 7.65. The third-order valence-corrected chi connectivity index (χ3v) is 6.63. The van der Waals surface area contributed by atoms with E-state index >= 15 is 0 Å². The molecule has 0 spiro atoms. The summed E-state index contributed by atoms with van der Waals surface area (Å²) in [6.45, 7) is 5.84. The van der Waals surface area contributed by atoms with Gasteiger partial charge in [0.25, 0.3) is 5.91 Å². The number of carbonyl (C=O) groups excluding carboxylic acids is 1. The van der Waals surface area contributed by atoms with Crippen molar-refractivity contribution >= 4 is 34.5 Å². The van der Waals surface area contributed by atoms with Gasteiger partial charge in [0, 0.05) is 28.2 Å². The number of rotatable bonds is 9. The first-order chi connectivity index (χ1) is 14.4. The number of thiophene rings is 1. The lowest BCUT2D eigenvalue weighted by molar-refractivity contribution is 0.0894. The number of halogens is 2. The zero-order valence-corrected chi connectivity index (χ0v) is 18.9. The fourth-order valence-electron chi connectivity index (χ4n) is 3.47. The molecule has 3 aromatic rings. The second-order valence-electron chi connectivity index (χ2n) is 7.28. The van der Waals surface area contributed by atoms with E-state index in [1.54, 1.807) is 23.1 Å². The Morgan fingerprint density at radius 2 is 2.10 bits per heavy atom. The minimum Gasteiger partial charge on any atom is -0.344 e. The second-order valence-corrected chi connectivity index (χ2v) is 8.85. The summed E-state index contributed by atoms with van der Waals surface area (Å²) < 4.78 is 16.3. The smallest absolute Gasteiger partial charge is 0.261 e. The molecule has 3 heterocycles. The van der Waals surface area contributed by atoms with Gasteiger partial charge in [0.1, 0.15) is 6.17 Å². The highest BCUT2D eigenvalue weighted by Gasteiger charge is 2.29. The van der Waals surface area contributed by atoms with Crippen LogP contribution >= 0.6 is 22.9 Å². The third kappa shape index (κ3) is 4.66. The first kappa shape index (κ1) is 22.7. The Kier molecular flexibility index (Phi) is 7.44. The predicted molar refractivity (Wildman–Crippen MR) is 120 cm³/mol. The number of hydrogen-bond donors (Lipinski definition) is 2. The van der Waals surface area contributed by atoms with Gasteiger partial charge in [0.2, 0.25) is 0 Å². The zero-order valence-electron chi connectivity index (χ0n) is 17.4. The maximum atomic E-state index is 14.6. The molecular formula is C21H27ClFN5OS. The van der Waals surface area contributed by atoms with Crippen LogP contribution in [-0.4, -0.2) is 38.8 Å². The number of carbonyl (C=O) groups is 1. The van der Waals surface area contributed by atoms with Crippen molar-refractivity contribution in [1.29, 1.82) is 0 Å². The van der Waals surface area contributed by atoms with E-state index in [2.05, 4.69) is 15.4 Å². The number of aryl methyl sites for hydroxylation is 1. The van der Waals surface area contributed by atoms with Gasteiger partial charge in [-0.3, -0.25) is 4.79 Å². The third-order valence-electron chi connectivity index (χ3n) is 5.15. The van der Waals surface area contributed by atoms with E-state index in [1.165, 1.54) is 11.3 Å². The second kappa shape index (κ2) is 9.85. The van der Waals surface area contributed by atoms with Crippen molar-refractivity contribution in [2.45, 2.75) is 64.7 Å². The van der Waals surface area contributed by atoms with Gasteiger partial charge in [0.15, 0.2) is 5.65 Å². The van der Waals surface area contributed by atoms with Gasteiger partial charge in [-0.15, -0.1) is 11.3 Å². The van der Waals surface area contributed by atoms with Crippen LogP contribution in [0.15, 0.2) is 24.7 Å². The Bertz CT molecular complexity index is 1020. The molecular weight excluding hydrogens is 425 g/mol. The number of hydrogen-bond acceptors (Lipinski definition) is 5. The van der Waals surface area contributed by atoms with E-state index < -0.39 is 18.3 Å². The van der Waals surface area contributed by atoms with Crippen LogP contribution in [0.5, 0.6) is 0 Å². The number of nitrogens with two attached hydrogens (primary N) is 1. The molecule has 0 saturated heterocycles. The molecule has 0 fully saturated rings. The molecule has 3 rings (SSSR count). The quantitative estimate of drug-likeness (QED) is 0.496. The first-order valence-corrected chi connectivity index (χ1v) is 11.4. The van der Waals surface area contributed by atoms with Crippen molar-refractivity contribution in [2.75, 3.05) is 0 Å². The van der Waals surface area contributed by atoms with Crippen LogP contribution in [0.2, 0.25) is 5.02 Å². The van der Waals surface area contributed by atoms with Crippen LogP contribution in [0.25, 0.3) is 16.8 Å². The average Bonchev–Trinajstić information content (AvgIpc) is 3.34. The van der Waals surface area contributed by atoms with Crippen molar-refractivity contribution in [3.63, 3.8) is 0 Å². The summed E-state index contributed by atoms with van der Waals surface area (Å²) in [4.78, 5) is 18.9. The molecule has 0 bridgehead atoms. The molecule has 30 heavy (non-hydrogen) atoms. The van der Waals surface area contributed by atoms with Crippen molar-refractivity contribution < 1.29 is 9.18 Å². The predicted octanol–water partition coefficient (Wildman–Crippen LogP) is 4.65. The largest absolute Gasteiger partial charge is 0.344 e. The van der Waals surface area contributed by atoms with E-state index in [0.29, 0.717) is 34.8 Å². The number of amides is 1. The highest BCUT2D eigenvalue weighted by Crippen LogP contribution is 2.34. The Morgan fingerprint density at radius 3 is 2.77 bits per heavy atom. The maximum absolute atomic E-state index is 14.6. The Hall–Kier alpha value is -2.03. The van der Waals surface area contributed by atoms with Crippen LogP contribution in [0.1, 0.15) is 54.6 Å². The Labute approximate surface area is 184 Å². The lowest BCUT2D eigenvalue weighted by Crippen LogP contribution is -2.52. The minimum atomic E-state index is -1.17. The Morgan fingerprint density at radius 1 is 1.33 bits per heavy atom. The van der Waals surface area contributed by atoms with Crippen LogP contribution in [-0.2, 0) is 6.42 Å². The lowest BCUT2D eigenvalue weighted by atomic mass is 9.98. The summed E-state index contributed by atoms with van der Waals surface area (Å²) in [5.74, 6) is -0.305. The topological polar surface area (TPSA) is 85.3 Å². The fraction of sp³-hybridized carbons (Fsp3) is 0.476. The number of fused-ring (bicyclic) bond motifs is 1. The summed E-state index contributed by atoms with van der Waals surface area (Å²) >= 11 is 7.39. The SMILES string of the molecule is CCCC(F)C(NC(=O)c1cc(-c2cnn3cc(Cl)cnc23)c(CC)s1)C(N)CC. The molecule has 6 nitrogen and oxygen atoms in total. The van der Waals surface area contributed by atoms with E-state index in [4.69, 9.17) is 17.3 Å². The van der Waals surface area contributed by atoms with Gasteiger partial charge in [-0.25, -0.2) is 13.9 Å². The van der Waals surface area contributed by atoms with Gasteiger partial charge >= 0.3 is 0 Å². The molecule has 0 aromatic carbocycles. The number of aromatic nitrogens is 3. The van der Waals surface area contributed by atoms with Gasteiger partial charge in [-0.1, -0.05) is 38.8 Å². The van der Waals surface area contributed by atoms with Crippen LogP contribution < -0.4 is 11.1 Å². The minimum absolute atomic E-state index is 0.305. The monoisotopic (exact) mass is 451 g/mol. The number of alkyl halides is 1. The highest BCUT2D eigenvalue weighted by molar-refractivity contribution is 7.14. The van der Waals surface area contributed by atoms with Crippen LogP contribution in [0, 0.1) is 0 Å². The molecule has 9 heteroatoms. The summed E-state index contributed by atoms with van der Waals surface area (Å²) in [7, 11) is 0. The van der Waals surface area contributed by atoms with Gasteiger partial charge in [0.05, 0.1) is 28.3 Å². The normalized spacial score (nSPS) is 14.6. The van der Waals surface area contributed by atoms with E-state index in [1.807, 2.05) is 26.8 Å². The van der Waals surface area contributed by atoms with Crippen LogP contribution in [0.3, 0.4) is 0 Å². The molecule has 1 amide bonds. The standard InChI is InChI=1S/C21H27ClFN5OS/c1-4-7-15(23)19(16(24)5-2)27-21(29)18-8-13(17(6-3)30-18)14-10-26-28-11-12(22)9-25-20(14)28/h8-11,15-16,19H,4-7,24H2,1-3H3,(H,27,29). The number of nitrogens with one attached hydrogen (secondary N) is 1. The van der Waals surface area contributed by atoms with Crippen molar-refractivity contribution in [1.82, 2.24) is 19.9 Å². The molecule has 3 unspecified atom stereocenters. The summed E-state index contributed by atoms with van der Waals surface area (Å²) in [6, 6.07) is 0.682. The molecule has 0 radical (unpaired) electrons. The van der Waals surface area contributed by atoms with Crippen molar-refractivity contribution in [3.8, 4) is 11.1 Å². The average molecular weight is 452 g/mol. The highest BCUT2D eigenvalue weighted by atomic mass is 35.5. The van der Waals surface area contributed by atoms with Crippen LogP contribution in [0.4, 0.5) is 4.39 Å². The van der Waals surface area contributed by atoms with Gasteiger partial charge < -0.3 is 11.1 Å². The zero-order chi connectivity index (χ0) is 21.8. The van der Waals surface area contributed by atoms with Crippen molar-refractivity contribution in [2.24, 2.45) is 5.73 Å². The molecule has 3 aromatic heterocycles. The maximum Gasteiger partial charge on any atom is 0.261 e. The van der Waals surface area contributed by atoms with E-state index in [9.17, 15) is 9.18 Å². The van der Waals surface area contributed by atoms with E-state index in [0.717, 1.165) is 22.4 Å². The molecule has 3 N–H and O–H groups in total. The van der Waals surface area contributed by atoms with E-state index in [-0.39, 0.29) is 5.91 Å². The lowest BCUT2D eigenvalue weighted by Gasteiger charge is -2.27. The van der Waals surface area contributed by atoms with Crippen molar-refractivity contribution in [3.05, 3.63) is 39.4 Å². The molecule has 0 saturated carbocycles. The van der Waals surface area contributed by atoms with Gasteiger partial charge in [-0.2, -0.15) is 5.10 Å². The summed E-state index contributed by atoms with van der Waals surface area (Å²) in [6.07, 6.45) is 6.19. The number of nitrogens with zero attached hydrogens (tertiary/aromatic N) is 3. The summed E-state index contributed by atoms with van der Waals surface area (Å²) in [5.41, 5.74) is 8.50. The molecule has 0 aliphatic carbocycles. The molecule has 0 aliphatic rings.